The number of methoxy groups -OCH3 is 1. The number of hydrogen-bond acceptors (Lipinski definition) is 5. The quantitative estimate of drug-likeness (QED) is 0.578. The summed E-state index contributed by atoms with van der Waals surface area (Å²) in [6.45, 7) is 2.49. The van der Waals surface area contributed by atoms with Gasteiger partial charge >= 0.3 is 0 Å². The molecule has 2 unspecified atom stereocenters. The zero-order valence-electron chi connectivity index (χ0n) is 18.8. The van der Waals surface area contributed by atoms with Gasteiger partial charge in [0.1, 0.15) is 5.75 Å². The minimum atomic E-state index is 0.199. The molecule has 2 heterocycles. The third-order valence-electron chi connectivity index (χ3n) is 6.30. The summed E-state index contributed by atoms with van der Waals surface area (Å²) >= 11 is 0. The van der Waals surface area contributed by atoms with Crippen LogP contribution in [0.4, 0.5) is 0 Å². The van der Waals surface area contributed by atoms with Crippen LogP contribution >= 0.6 is 0 Å². The number of carbonyl (C=O) groups excluding carboxylic acids is 1. The van der Waals surface area contributed by atoms with Gasteiger partial charge in [0.05, 0.1) is 12.8 Å². The first-order valence-corrected chi connectivity index (χ1v) is 11.2. The van der Waals surface area contributed by atoms with E-state index in [-0.39, 0.29) is 5.91 Å². The van der Waals surface area contributed by atoms with E-state index in [0.29, 0.717) is 24.8 Å². The normalized spacial score (nSPS) is 18.3. The van der Waals surface area contributed by atoms with Crippen LogP contribution in [0.5, 0.6) is 5.75 Å². The van der Waals surface area contributed by atoms with E-state index in [4.69, 9.17) is 9.26 Å². The van der Waals surface area contributed by atoms with Crippen molar-refractivity contribution < 1.29 is 14.1 Å². The van der Waals surface area contributed by atoms with Crippen LogP contribution in [0.2, 0.25) is 0 Å². The molecule has 0 spiro atoms. The largest absolute Gasteiger partial charge is 0.497 e. The van der Waals surface area contributed by atoms with Crippen molar-refractivity contribution in [2.45, 2.75) is 25.8 Å². The third kappa shape index (κ3) is 5.56. The van der Waals surface area contributed by atoms with E-state index in [9.17, 15) is 4.79 Å². The Balaban J connectivity index is 1.37. The second-order valence-corrected chi connectivity index (χ2v) is 8.57. The summed E-state index contributed by atoms with van der Waals surface area (Å²) in [7, 11) is 3.55. The topological polar surface area (TPSA) is 67.6 Å². The molecule has 1 aromatic heterocycles. The molecule has 0 saturated carbocycles. The van der Waals surface area contributed by atoms with Gasteiger partial charge in [0, 0.05) is 31.6 Å². The van der Waals surface area contributed by atoms with Gasteiger partial charge in [-0.05, 0) is 67.6 Å². The summed E-state index contributed by atoms with van der Waals surface area (Å²) in [5.74, 6) is 2.45. The van der Waals surface area contributed by atoms with Crippen LogP contribution in [0.15, 0.2) is 65.2 Å². The zero-order valence-corrected chi connectivity index (χ0v) is 18.8. The molecule has 1 aliphatic heterocycles. The molecule has 6 heteroatoms. The maximum atomic E-state index is 12.9. The van der Waals surface area contributed by atoms with Gasteiger partial charge in [-0.2, -0.15) is 0 Å². The zero-order chi connectivity index (χ0) is 22.3. The van der Waals surface area contributed by atoms with Crippen molar-refractivity contribution in [3.63, 3.8) is 0 Å². The maximum Gasteiger partial charge on any atom is 0.222 e. The van der Waals surface area contributed by atoms with Gasteiger partial charge in [-0.25, -0.2) is 0 Å². The van der Waals surface area contributed by atoms with E-state index in [0.717, 1.165) is 54.3 Å². The number of amides is 1. The Morgan fingerprint density at radius 2 is 1.94 bits per heavy atom. The summed E-state index contributed by atoms with van der Waals surface area (Å²) in [6, 6.07) is 19.9. The molecule has 0 aliphatic carbocycles. The van der Waals surface area contributed by atoms with Crippen LogP contribution < -0.4 is 10.1 Å². The lowest BCUT2D eigenvalue weighted by Gasteiger charge is -2.32. The summed E-state index contributed by atoms with van der Waals surface area (Å²) in [6.07, 6.45) is 2.37. The highest BCUT2D eigenvalue weighted by Crippen LogP contribution is 2.29. The van der Waals surface area contributed by atoms with Crippen LogP contribution in [-0.2, 0) is 17.8 Å². The number of nitrogens with zero attached hydrogens (tertiary/aromatic N) is 2. The molecule has 0 bridgehead atoms. The number of aromatic nitrogens is 1. The van der Waals surface area contributed by atoms with Crippen LogP contribution in [0.3, 0.4) is 0 Å². The van der Waals surface area contributed by atoms with E-state index in [1.54, 1.807) is 7.11 Å². The fourth-order valence-electron chi connectivity index (χ4n) is 4.38. The fraction of sp³-hybridized carbons (Fsp3) is 0.385. The Kier molecular flexibility index (Phi) is 7.22. The molecule has 1 amide bonds. The average Bonchev–Trinajstić information content (AvgIpc) is 3.29. The molecule has 2 atom stereocenters. The Bertz CT molecular complexity index is 1000. The van der Waals surface area contributed by atoms with Crippen molar-refractivity contribution in [1.29, 1.82) is 0 Å². The molecular formula is C26H31N3O3. The molecular weight excluding hydrogens is 402 g/mol. The molecule has 2 aromatic carbocycles. The van der Waals surface area contributed by atoms with E-state index in [1.807, 2.05) is 60.5 Å². The highest BCUT2D eigenvalue weighted by Gasteiger charge is 2.29. The molecule has 0 radical (unpaired) electrons. The number of carbonyl (C=O) groups is 1. The number of nitrogens with one attached hydrogen (secondary N) is 1. The van der Waals surface area contributed by atoms with Gasteiger partial charge in [-0.1, -0.05) is 35.5 Å². The lowest BCUT2D eigenvalue weighted by molar-refractivity contribution is -0.132. The molecule has 6 nitrogen and oxygen atoms in total. The Morgan fingerprint density at radius 3 is 2.69 bits per heavy atom. The van der Waals surface area contributed by atoms with Gasteiger partial charge in [-0.3, -0.25) is 4.79 Å². The highest BCUT2D eigenvalue weighted by molar-refractivity contribution is 5.76. The summed E-state index contributed by atoms with van der Waals surface area (Å²) in [5, 5.41) is 7.79. The molecule has 3 aromatic rings. The minimum Gasteiger partial charge on any atom is -0.497 e. The molecule has 4 rings (SSSR count). The van der Waals surface area contributed by atoms with Crippen molar-refractivity contribution in [1.82, 2.24) is 15.4 Å². The first-order chi connectivity index (χ1) is 15.6. The molecule has 1 aliphatic rings. The standard InChI is InChI=1S/C26H31N3O3/c1-29(18-19-6-4-3-5-7-19)26(30)15-21-12-13-27-17-22(21)14-23-16-25(32-28-23)20-8-10-24(31-2)11-9-20/h3-11,16,21-22,27H,12-15,17-18H2,1-2H3. The van der Waals surface area contributed by atoms with E-state index >= 15 is 0 Å². The van der Waals surface area contributed by atoms with Gasteiger partial charge in [0.2, 0.25) is 5.91 Å². The second kappa shape index (κ2) is 10.5. The van der Waals surface area contributed by atoms with Gasteiger partial charge in [0.15, 0.2) is 5.76 Å². The van der Waals surface area contributed by atoms with Crippen molar-refractivity contribution in [3.8, 4) is 17.1 Å². The van der Waals surface area contributed by atoms with E-state index < -0.39 is 0 Å². The Morgan fingerprint density at radius 1 is 1.16 bits per heavy atom. The van der Waals surface area contributed by atoms with Crippen LogP contribution in [0.1, 0.15) is 24.1 Å². The average molecular weight is 434 g/mol. The van der Waals surface area contributed by atoms with Crippen molar-refractivity contribution >= 4 is 5.91 Å². The van der Waals surface area contributed by atoms with Crippen LogP contribution in [0.25, 0.3) is 11.3 Å². The van der Waals surface area contributed by atoms with Crippen molar-refractivity contribution in [3.05, 3.63) is 71.9 Å². The summed E-state index contributed by atoms with van der Waals surface area (Å²) < 4.78 is 10.8. The fourth-order valence-corrected chi connectivity index (χ4v) is 4.38. The highest BCUT2D eigenvalue weighted by atomic mass is 16.5. The maximum absolute atomic E-state index is 12.9. The van der Waals surface area contributed by atoms with Gasteiger partial charge < -0.3 is 19.5 Å². The SMILES string of the molecule is COc1ccc(-c2cc(CC3CNCCC3CC(=O)N(C)Cc3ccccc3)no2)cc1. The van der Waals surface area contributed by atoms with Crippen LogP contribution in [0, 0.1) is 11.8 Å². The molecule has 1 N–H and O–H groups in total. The number of hydrogen-bond donors (Lipinski definition) is 1. The summed E-state index contributed by atoms with van der Waals surface area (Å²) in [5.41, 5.74) is 3.05. The molecule has 1 saturated heterocycles. The monoisotopic (exact) mass is 433 g/mol. The van der Waals surface area contributed by atoms with E-state index in [2.05, 4.69) is 22.6 Å². The first kappa shape index (κ1) is 22.1. The lowest BCUT2D eigenvalue weighted by Crippen LogP contribution is -2.40. The van der Waals surface area contributed by atoms with Crippen molar-refractivity contribution in [2.75, 3.05) is 27.2 Å². The predicted octanol–water partition coefficient (Wildman–Crippen LogP) is 4.17. The molecule has 168 valence electrons. The second-order valence-electron chi connectivity index (χ2n) is 8.57. The third-order valence-corrected chi connectivity index (χ3v) is 6.30. The Labute approximate surface area is 189 Å². The van der Waals surface area contributed by atoms with Gasteiger partial charge in [0.25, 0.3) is 0 Å². The molecule has 32 heavy (non-hydrogen) atoms. The number of rotatable bonds is 8. The van der Waals surface area contributed by atoms with E-state index in [1.165, 1.54) is 0 Å². The number of piperidine rings is 1. The smallest absolute Gasteiger partial charge is 0.222 e. The first-order valence-electron chi connectivity index (χ1n) is 11.2. The number of ether oxygens (including phenoxy) is 1. The Hall–Kier alpha value is -3.12. The summed E-state index contributed by atoms with van der Waals surface area (Å²) in [4.78, 5) is 14.8. The lowest BCUT2D eigenvalue weighted by atomic mass is 9.81. The molecule has 1 fully saturated rings. The minimum absolute atomic E-state index is 0.199. The predicted molar refractivity (Wildman–Crippen MR) is 124 cm³/mol. The number of benzene rings is 2. The van der Waals surface area contributed by atoms with Crippen molar-refractivity contribution in [2.24, 2.45) is 11.8 Å². The van der Waals surface area contributed by atoms with Crippen LogP contribution in [-0.4, -0.2) is 43.2 Å². The van der Waals surface area contributed by atoms with Gasteiger partial charge in [-0.15, -0.1) is 0 Å².